The van der Waals surface area contributed by atoms with E-state index in [1.54, 1.807) is 0 Å². The summed E-state index contributed by atoms with van der Waals surface area (Å²) in [6.07, 6.45) is 3.76. The van der Waals surface area contributed by atoms with Crippen molar-refractivity contribution in [2.75, 3.05) is 0 Å². The zero-order chi connectivity index (χ0) is 31.1. The molecule has 0 saturated heterocycles. The van der Waals surface area contributed by atoms with Gasteiger partial charge in [-0.1, -0.05) is 88.2 Å². The van der Waals surface area contributed by atoms with Gasteiger partial charge in [0.2, 0.25) is 0 Å². The van der Waals surface area contributed by atoms with Crippen LogP contribution >= 0.6 is 0 Å². The predicted octanol–water partition coefficient (Wildman–Crippen LogP) is 9.98. The molecule has 7 aromatic rings. The summed E-state index contributed by atoms with van der Waals surface area (Å²) in [4.78, 5) is 4.70. The largest absolute Gasteiger partial charge is 2.00 e. The molecule has 0 atom stereocenters. The van der Waals surface area contributed by atoms with Crippen LogP contribution in [0, 0.1) is 19.1 Å². The smallest absolute Gasteiger partial charge is 0.509 e. The van der Waals surface area contributed by atoms with E-state index in [-0.39, 0.29) is 25.8 Å². The number of fused-ring (bicyclic) bond motifs is 3. The summed E-state index contributed by atoms with van der Waals surface area (Å²) in [7, 11) is 0. The number of hydrogen-bond acceptors (Lipinski definition) is 3. The summed E-state index contributed by atoms with van der Waals surface area (Å²) in [6, 6.07) is 40.2. The van der Waals surface area contributed by atoms with Gasteiger partial charge in [0.1, 0.15) is 5.82 Å². The van der Waals surface area contributed by atoms with E-state index in [2.05, 4.69) is 123 Å². The van der Waals surface area contributed by atoms with Gasteiger partial charge in [-0.05, 0) is 53.7 Å². The summed E-state index contributed by atoms with van der Waals surface area (Å²) in [6.45, 7) is 11.0. The van der Waals surface area contributed by atoms with Crippen LogP contribution < -0.4 is 4.74 Å². The molecule has 0 bridgehead atoms. The molecule has 4 aromatic carbocycles. The van der Waals surface area contributed by atoms with Crippen LogP contribution in [0.25, 0.3) is 44.4 Å². The van der Waals surface area contributed by atoms with Gasteiger partial charge in [-0.2, -0.15) is 17.2 Å². The van der Waals surface area contributed by atoms with E-state index in [0.29, 0.717) is 11.5 Å². The molecule has 0 radical (unpaired) electrons. The summed E-state index contributed by atoms with van der Waals surface area (Å²) in [5.41, 5.74) is 8.49. The molecule has 232 valence electrons. The maximum atomic E-state index is 6.47. The van der Waals surface area contributed by atoms with Crippen molar-refractivity contribution < 1.29 is 25.2 Å². The third-order valence-corrected chi connectivity index (χ3v) is 8.11. The molecule has 0 aliphatic carbocycles. The minimum absolute atomic E-state index is 0. The third-order valence-electron chi connectivity index (χ3n) is 8.11. The Hall–Kier alpha value is -4.50. The monoisotopic (exact) mass is 694 g/mol. The van der Waals surface area contributed by atoms with Gasteiger partial charge in [0, 0.05) is 34.2 Å². The number of aromatic nitrogens is 4. The second kappa shape index (κ2) is 12.7. The Bertz CT molecular complexity index is 2150. The first-order chi connectivity index (χ1) is 21.8. The quantitative estimate of drug-likeness (QED) is 0.123. The first-order valence-corrected chi connectivity index (χ1v) is 15.6. The molecule has 7 rings (SSSR count). The molecule has 0 amide bonds. The van der Waals surface area contributed by atoms with E-state index in [1.165, 1.54) is 11.1 Å². The Labute approximate surface area is 284 Å². The molecule has 3 heterocycles. The average molecular weight is 695 g/mol. The Balaban J connectivity index is 0.00000372. The first-order valence-electron chi connectivity index (χ1n) is 15.6. The van der Waals surface area contributed by atoms with Crippen LogP contribution in [0.5, 0.6) is 11.5 Å². The standard InChI is InChI=1S/C40H36N4O.Pd/c1-6-13-34-38(28-14-8-7-9-15-28)39(40(3,4)5)44(42-34)29-16-12-17-30(25-29)45-31-20-21-33-32-18-10-11-19-35(32)43(36(33)26-31)37-24-27(2)22-23-41-37;/h7-12,14-24H,6,13H2,1-5H3;/q-2;+2. The maximum Gasteiger partial charge on any atom is 2.00 e. The van der Waals surface area contributed by atoms with Crippen molar-refractivity contribution in [3.8, 4) is 34.1 Å². The van der Waals surface area contributed by atoms with Crippen LogP contribution in [0.2, 0.25) is 0 Å². The van der Waals surface area contributed by atoms with E-state index in [9.17, 15) is 0 Å². The second-order valence-corrected chi connectivity index (χ2v) is 12.6. The molecular weight excluding hydrogens is 659 g/mol. The number of benzene rings is 4. The van der Waals surface area contributed by atoms with Crippen LogP contribution in [-0.2, 0) is 32.3 Å². The number of pyridine rings is 1. The maximum absolute atomic E-state index is 6.47. The summed E-state index contributed by atoms with van der Waals surface area (Å²) >= 11 is 0. The van der Waals surface area contributed by atoms with Gasteiger partial charge >= 0.3 is 20.4 Å². The van der Waals surface area contributed by atoms with E-state index in [0.717, 1.165) is 63.1 Å². The zero-order valence-corrected chi connectivity index (χ0v) is 28.3. The fourth-order valence-corrected chi connectivity index (χ4v) is 6.20. The average Bonchev–Trinajstić information content (AvgIpc) is 3.58. The number of aryl methyl sites for hydroxylation is 2. The van der Waals surface area contributed by atoms with Gasteiger partial charge in [0.25, 0.3) is 0 Å². The van der Waals surface area contributed by atoms with Crippen LogP contribution in [0.3, 0.4) is 0 Å². The molecule has 0 spiro atoms. The Morgan fingerprint density at radius 1 is 0.804 bits per heavy atom. The minimum Gasteiger partial charge on any atom is -0.509 e. The fraction of sp³-hybridized carbons (Fsp3) is 0.200. The van der Waals surface area contributed by atoms with Gasteiger partial charge in [0.05, 0.1) is 11.4 Å². The molecule has 0 saturated carbocycles. The SMILES string of the molecule is CCCc1nn(-c2[c-]c(Oc3[c-]c4c(cc3)c3ccccc3n4-c3cc(C)ccn3)ccc2)c(C(C)(C)C)c1-c1ccccc1.[Pd+2]. The number of para-hydroxylation sites is 1. The molecule has 0 aliphatic heterocycles. The third kappa shape index (κ3) is 5.80. The molecular formula is C40H36N4OPd. The normalized spacial score (nSPS) is 11.6. The van der Waals surface area contributed by atoms with Crippen molar-refractivity contribution in [3.63, 3.8) is 0 Å². The number of ether oxygens (including phenoxy) is 1. The van der Waals surface area contributed by atoms with E-state index in [4.69, 9.17) is 14.8 Å². The van der Waals surface area contributed by atoms with E-state index >= 15 is 0 Å². The number of nitrogens with zero attached hydrogens (tertiary/aromatic N) is 4. The molecule has 5 nitrogen and oxygen atoms in total. The Morgan fingerprint density at radius 2 is 1.57 bits per heavy atom. The molecule has 0 fully saturated rings. The van der Waals surface area contributed by atoms with Crippen LogP contribution in [0.1, 0.15) is 51.1 Å². The van der Waals surface area contributed by atoms with Crippen molar-refractivity contribution >= 4 is 21.8 Å². The van der Waals surface area contributed by atoms with Gasteiger partial charge in [0.15, 0.2) is 0 Å². The summed E-state index contributed by atoms with van der Waals surface area (Å²) < 4.78 is 10.7. The van der Waals surface area contributed by atoms with E-state index < -0.39 is 0 Å². The van der Waals surface area contributed by atoms with Gasteiger partial charge in [-0.25, -0.2) is 4.98 Å². The van der Waals surface area contributed by atoms with E-state index in [1.807, 2.05) is 36.5 Å². The van der Waals surface area contributed by atoms with Gasteiger partial charge in [-0.15, -0.1) is 35.7 Å². The van der Waals surface area contributed by atoms with Crippen molar-refractivity contribution in [1.29, 1.82) is 0 Å². The van der Waals surface area contributed by atoms with Gasteiger partial charge in [-0.3, -0.25) is 4.68 Å². The van der Waals surface area contributed by atoms with Crippen molar-refractivity contribution in [1.82, 2.24) is 19.3 Å². The summed E-state index contributed by atoms with van der Waals surface area (Å²) in [5, 5.41) is 7.44. The second-order valence-electron chi connectivity index (χ2n) is 12.6. The summed E-state index contributed by atoms with van der Waals surface area (Å²) in [5.74, 6) is 2.07. The molecule has 0 N–H and O–H groups in total. The minimum atomic E-state index is -0.162. The molecule has 0 unspecified atom stereocenters. The first kappa shape index (κ1) is 31.5. The number of rotatable bonds is 7. The van der Waals surface area contributed by atoms with Crippen molar-refractivity contribution in [2.24, 2.45) is 0 Å². The predicted molar refractivity (Wildman–Crippen MR) is 183 cm³/mol. The van der Waals surface area contributed by atoms with Crippen molar-refractivity contribution in [3.05, 3.63) is 132 Å². The molecule has 46 heavy (non-hydrogen) atoms. The fourth-order valence-electron chi connectivity index (χ4n) is 6.20. The van der Waals surface area contributed by atoms with Crippen LogP contribution in [0.4, 0.5) is 0 Å². The van der Waals surface area contributed by atoms with Crippen LogP contribution in [-0.4, -0.2) is 19.3 Å². The molecule has 6 heteroatoms. The Morgan fingerprint density at radius 3 is 2.33 bits per heavy atom. The Kier molecular flexibility index (Phi) is 8.70. The van der Waals surface area contributed by atoms with Crippen molar-refractivity contribution in [2.45, 2.75) is 52.9 Å². The molecule has 3 aromatic heterocycles. The topological polar surface area (TPSA) is 44.9 Å². The zero-order valence-electron chi connectivity index (χ0n) is 26.7. The van der Waals surface area contributed by atoms with Gasteiger partial charge < -0.3 is 9.30 Å². The van der Waals surface area contributed by atoms with Crippen LogP contribution in [0.15, 0.2) is 103 Å². The molecule has 0 aliphatic rings. The number of hydrogen-bond donors (Lipinski definition) is 0.